The molecule has 0 atom stereocenters. The van der Waals surface area contributed by atoms with Gasteiger partial charge in [0.15, 0.2) is 0 Å². The van der Waals surface area contributed by atoms with Crippen molar-refractivity contribution in [2.24, 2.45) is 5.92 Å². The Bertz CT molecular complexity index is 728. The summed E-state index contributed by atoms with van der Waals surface area (Å²) in [7, 11) is 0. The molecule has 1 saturated heterocycles. The third kappa shape index (κ3) is 3.97. The number of hydrogen-bond acceptors (Lipinski definition) is 4. The van der Waals surface area contributed by atoms with Gasteiger partial charge in [-0.05, 0) is 37.0 Å². The number of nitrogens with zero attached hydrogens (tertiary/aromatic N) is 3. The van der Waals surface area contributed by atoms with E-state index in [2.05, 4.69) is 22.2 Å². The van der Waals surface area contributed by atoms with E-state index >= 15 is 0 Å². The fraction of sp³-hybridized carbons (Fsp3) is 0.353. The zero-order chi connectivity index (χ0) is 17.1. The monoisotopic (exact) mass is 364 g/mol. The first-order chi connectivity index (χ1) is 11.5. The largest absolute Gasteiger partial charge is 0.338 e. The summed E-state index contributed by atoms with van der Waals surface area (Å²) < 4.78 is 0. The summed E-state index contributed by atoms with van der Waals surface area (Å²) in [6.45, 7) is 3.77. The highest BCUT2D eigenvalue weighted by molar-refractivity contribution is 6.35. The van der Waals surface area contributed by atoms with Gasteiger partial charge in [0.1, 0.15) is 11.5 Å². The van der Waals surface area contributed by atoms with Crippen LogP contribution in [0.4, 0.5) is 11.5 Å². The quantitative estimate of drug-likeness (QED) is 0.876. The Kier molecular flexibility index (Phi) is 5.21. The van der Waals surface area contributed by atoms with E-state index in [1.54, 1.807) is 18.2 Å². The molecule has 1 fully saturated rings. The predicted octanol–water partition coefficient (Wildman–Crippen LogP) is 4.40. The molecule has 24 heavy (non-hydrogen) atoms. The van der Waals surface area contributed by atoms with Gasteiger partial charge in [0.25, 0.3) is 5.91 Å². The number of carbonyl (C=O) groups is 1. The van der Waals surface area contributed by atoms with Crippen molar-refractivity contribution in [3.05, 3.63) is 46.3 Å². The minimum Gasteiger partial charge on any atom is -0.338 e. The Labute approximate surface area is 151 Å². The lowest BCUT2D eigenvalue weighted by Gasteiger charge is -2.29. The Morgan fingerprint density at radius 3 is 2.62 bits per heavy atom. The Hall–Kier alpha value is -1.85. The SMILES string of the molecule is CC1CCN(C(=O)c2cnc(Nc3cc(Cl)ccc3Cl)cn2)CC1. The second kappa shape index (κ2) is 7.36. The fourth-order valence-corrected chi connectivity index (χ4v) is 2.94. The summed E-state index contributed by atoms with van der Waals surface area (Å²) in [6.07, 6.45) is 5.08. The van der Waals surface area contributed by atoms with Gasteiger partial charge in [-0.25, -0.2) is 9.97 Å². The predicted molar refractivity (Wildman–Crippen MR) is 96.1 cm³/mol. The number of benzene rings is 1. The molecule has 1 aliphatic heterocycles. The van der Waals surface area contributed by atoms with Crippen LogP contribution in [0.25, 0.3) is 0 Å². The molecule has 2 heterocycles. The van der Waals surface area contributed by atoms with Crippen molar-refractivity contribution in [1.82, 2.24) is 14.9 Å². The maximum atomic E-state index is 12.4. The third-order valence-corrected chi connectivity index (χ3v) is 4.70. The highest BCUT2D eigenvalue weighted by Gasteiger charge is 2.22. The lowest BCUT2D eigenvalue weighted by molar-refractivity contribution is 0.0691. The summed E-state index contributed by atoms with van der Waals surface area (Å²) in [4.78, 5) is 22.8. The second-order valence-electron chi connectivity index (χ2n) is 6.01. The Balaban J connectivity index is 1.69. The zero-order valence-corrected chi connectivity index (χ0v) is 14.8. The van der Waals surface area contributed by atoms with Gasteiger partial charge in [-0.1, -0.05) is 30.1 Å². The number of carbonyl (C=O) groups excluding carboxylic acids is 1. The van der Waals surface area contributed by atoms with Crippen molar-refractivity contribution in [3.63, 3.8) is 0 Å². The summed E-state index contributed by atoms with van der Waals surface area (Å²) in [5.74, 6) is 1.11. The highest BCUT2D eigenvalue weighted by Crippen LogP contribution is 2.27. The first-order valence-electron chi connectivity index (χ1n) is 7.86. The molecule has 0 saturated carbocycles. The molecule has 126 valence electrons. The summed E-state index contributed by atoms with van der Waals surface area (Å²) in [6, 6.07) is 5.12. The molecular weight excluding hydrogens is 347 g/mol. The average Bonchev–Trinajstić information content (AvgIpc) is 2.59. The molecule has 0 bridgehead atoms. The Morgan fingerprint density at radius 1 is 1.21 bits per heavy atom. The van der Waals surface area contributed by atoms with Gasteiger partial charge < -0.3 is 10.2 Å². The lowest BCUT2D eigenvalue weighted by atomic mass is 9.99. The molecule has 1 N–H and O–H groups in total. The first-order valence-corrected chi connectivity index (χ1v) is 8.62. The number of halogens is 2. The number of amides is 1. The summed E-state index contributed by atoms with van der Waals surface area (Å²) in [5, 5.41) is 4.15. The Morgan fingerprint density at radius 2 is 1.96 bits per heavy atom. The van der Waals surface area contributed by atoms with E-state index in [0.717, 1.165) is 25.9 Å². The molecule has 2 aromatic rings. The number of hydrogen-bond donors (Lipinski definition) is 1. The van der Waals surface area contributed by atoms with E-state index in [4.69, 9.17) is 23.2 Å². The number of likely N-dealkylation sites (tertiary alicyclic amines) is 1. The maximum Gasteiger partial charge on any atom is 0.274 e. The van der Waals surface area contributed by atoms with Gasteiger partial charge in [0, 0.05) is 18.1 Å². The fourth-order valence-electron chi connectivity index (χ4n) is 2.61. The van der Waals surface area contributed by atoms with Gasteiger partial charge in [0.2, 0.25) is 0 Å². The molecule has 1 aromatic carbocycles. The van der Waals surface area contributed by atoms with Gasteiger partial charge in [-0.15, -0.1) is 0 Å². The number of nitrogens with one attached hydrogen (secondary N) is 1. The van der Waals surface area contributed by atoms with E-state index < -0.39 is 0 Å². The number of piperidine rings is 1. The molecule has 5 nitrogen and oxygen atoms in total. The summed E-state index contributed by atoms with van der Waals surface area (Å²) in [5.41, 5.74) is 0.995. The van der Waals surface area contributed by atoms with Gasteiger partial charge in [0.05, 0.1) is 23.1 Å². The molecule has 1 amide bonds. The van der Waals surface area contributed by atoms with E-state index in [1.807, 2.05) is 4.90 Å². The minimum atomic E-state index is -0.0678. The van der Waals surface area contributed by atoms with E-state index in [9.17, 15) is 4.79 Å². The molecule has 0 radical (unpaired) electrons. The average molecular weight is 365 g/mol. The van der Waals surface area contributed by atoms with Crippen molar-refractivity contribution in [2.75, 3.05) is 18.4 Å². The van der Waals surface area contributed by atoms with Crippen LogP contribution in [-0.2, 0) is 0 Å². The van der Waals surface area contributed by atoms with Gasteiger partial charge in [-0.3, -0.25) is 4.79 Å². The zero-order valence-electron chi connectivity index (χ0n) is 13.3. The van der Waals surface area contributed by atoms with Crippen LogP contribution in [0.1, 0.15) is 30.3 Å². The van der Waals surface area contributed by atoms with Crippen LogP contribution in [0, 0.1) is 5.92 Å². The highest BCUT2D eigenvalue weighted by atomic mass is 35.5. The van der Waals surface area contributed by atoms with Crippen LogP contribution in [0.3, 0.4) is 0 Å². The number of anilines is 2. The third-order valence-electron chi connectivity index (χ3n) is 4.13. The van der Waals surface area contributed by atoms with Crippen molar-refractivity contribution >= 4 is 40.6 Å². The number of rotatable bonds is 3. The van der Waals surface area contributed by atoms with Crippen LogP contribution in [0.5, 0.6) is 0 Å². The normalized spacial score (nSPS) is 15.4. The molecule has 0 spiro atoms. The van der Waals surface area contributed by atoms with Crippen LogP contribution < -0.4 is 5.32 Å². The van der Waals surface area contributed by atoms with E-state index in [1.165, 1.54) is 12.4 Å². The lowest BCUT2D eigenvalue weighted by Crippen LogP contribution is -2.38. The standard InChI is InChI=1S/C17H18Cl2N4O/c1-11-4-6-23(7-5-11)17(24)15-9-21-16(10-20-15)22-14-8-12(18)2-3-13(14)19/h2-3,8-11H,4-7H2,1H3,(H,21,22). The smallest absolute Gasteiger partial charge is 0.274 e. The van der Waals surface area contributed by atoms with Gasteiger partial charge >= 0.3 is 0 Å². The molecule has 7 heteroatoms. The van der Waals surface area contributed by atoms with Crippen molar-refractivity contribution in [1.29, 1.82) is 0 Å². The van der Waals surface area contributed by atoms with Crippen LogP contribution in [-0.4, -0.2) is 33.9 Å². The molecule has 3 rings (SSSR count). The van der Waals surface area contributed by atoms with Gasteiger partial charge in [-0.2, -0.15) is 0 Å². The maximum absolute atomic E-state index is 12.4. The number of aromatic nitrogens is 2. The minimum absolute atomic E-state index is 0.0678. The van der Waals surface area contributed by atoms with Crippen molar-refractivity contribution < 1.29 is 4.79 Å². The molecule has 1 aromatic heterocycles. The second-order valence-corrected chi connectivity index (χ2v) is 6.85. The van der Waals surface area contributed by atoms with Crippen LogP contribution in [0.2, 0.25) is 10.0 Å². The molecule has 0 aliphatic carbocycles. The van der Waals surface area contributed by atoms with E-state index in [-0.39, 0.29) is 5.91 Å². The molecule has 1 aliphatic rings. The van der Waals surface area contributed by atoms with Crippen LogP contribution >= 0.6 is 23.2 Å². The van der Waals surface area contributed by atoms with Crippen LogP contribution in [0.15, 0.2) is 30.6 Å². The van der Waals surface area contributed by atoms with Crippen molar-refractivity contribution in [3.8, 4) is 0 Å². The first kappa shape index (κ1) is 17.0. The molecular formula is C17H18Cl2N4O. The topological polar surface area (TPSA) is 58.1 Å². The molecule has 0 unspecified atom stereocenters. The summed E-state index contributed by atoms with van der Waals surface area (Å²) >= 11 is 12.1. The van der Waals surface area contributed by atoms with Crippen molar-refractivity contribution in [2.45, 2.75) is 19.8 Å². The van der Waals surface area contributed by atoms with E-state index in [0.29, 0.717) is 33.2 Å².